The second-order valence-corrected chi connectivity index (χ2v) is 8.79. The van der Waals surface area contributed by atoms with E-state index in [0.29, 0.717) is 29.4 Å². The number of carbonyl (C=O) groups is 1. The van der Waals surface area contributed by atoms with Crippen molar-refractivity contribution < 1.29 is 31.5 Å². The molecule has 0 aliphatic heterocycles. The van der Waals surface area contributed by atoms with Gasteiger partial charge in [-0.05, 0) is 44.5 Å². The van der Waals surface area contributed by atoms with E-state index in [-0.39, 0.29) is 11.4 Å². The molecule has 32 heavy (non-hydrogen) atoms. The fourth-order valence-corrected chi connectivity index (χ4v) is 3.51. The van der Waals surface area contributed by atoms with Crippen molar-refractivity contribution in [1.82, 2.24) is 14.8 Å². The van der Waals surface area contributed by atoms with E-state index in [4.69, 9.17) is 0 Å². The highest BCUT2D eigenvalue weighted by molar-refractivity contribution is 7.72. The fourth-order valence-electron chi connectivity index (χ4n) is 3.11. The lowest BCUT2D eigenvalue weighted by Gasteiger charge is -2.22. The van der Waals surface area contributed by atoms with Crippen molar-refractivity contribution in [2.24, 2.45) is 0 Å². The molecule has 0 radical (unpaired) electrons. The highest BCUT2D eigenvalue weighted by Crippen LogP contribution is 2.32. The van der Waals surface area contributed by atoms with Crippen LogP contribution in [0.15, 0.2) is 36.5 Å². The van der Waals surface area contributed by atoms with Crippen LogP contribution in [0.2, 0.25) is 0 Å². The predicted molar refractivity (Wildman–Crippen MR) is 112 cm³/mol. The number of anilines is 1. The minimum atomic E-state index is -4.69. The molecule has 172 valence electrons. The highest BCUT2D eigenvalue weighted by atomic mass is 32.2. The van der Waals surface area contributed by atoms with Gasteiger partial charge in [0, 0.05) is 35.1 Å². The highest BCUT2D eigenvalue weighted by Gasteiger charge is 2.33. The van der Waals surface area contributed by atoms with Crippen molar-refractivity contribution >= 4 is 33.2 Å². The number of hydrogen-bond acceptors (Lipinski definition) is 6. The molecule has 2 heterocycles. The number of alkyl halides is 3. The van der Waals surface area contributed by atoms with Gasteiger partial charge in [0.1, 0.15) is 22.1 Å². The Hall–Kier alpha value is -2.99. The van der Waals surface area contributed by atoms with E-state index in [0.717, 1.165) is 18.2 Å². The van der Waals surface area contributed by atoms with Crippen molar-refractivity contribution in [2.75, 3.05) is 11.1 Å². The maximum atomic E-state index is 12.9. The molecule has 3 rings (SSSR count). The first-order valence-electron chi connectivity index (χ1n) is 9.56. The van der Waals surface area contributed by atoms with Gasteiger partial charge in [-0.1, -0.05) is 6.07 Å². The van der Waals surface area contributed by atoms with Crippen molar-refractivity contribution in [3.05, 3.63) is 53.5 Å². The van der Waals surface area contributed by atoms with Gasteiger partial charge in [-0.25, -0.2) is 13.4 Å². The summed E-state index contributed by atoms with van der Waals surface area (Å²) in [4.78, 5) is 16.0. The molecule has 1 aromatic carbocycles. The minimum absolute atomic E-state index is 0.0196. The molecule has 2 N–H and O–H groups in total. The van der Waals surface area contributed by atoms with Gasteiger partial charge < -0.3 is 10.4 Å². The van der Waals surface area contributed by atoms with E-state index in [1.807, 2.05) is 0 Å². The first-order chi connectivity index (χ1) is 14.8. The summed E-state index contributed by atoms with van der Waals surface area (Å²) < 4.78 is 61.8. The smallest absolute Gasteiger partial charge is 0.386 e. The van der Waals surface area contributed by atoms with Crippen LogP contribution in [-0.4, -0.2) is 39.9 Å². The molecule has 0 aliphatic carbocycles. The number of pyridine rings is 1. The predicted octanol–water partition coefficient (Wildman–Crippen LogP) is 2.93. The summed E-state index contributed by atoms with van der Waals surface area (Å²) in [5.74, 6) is -0.848. The second kappa shape index (κ2) is 8.87. The van der Waals surface area contributed by atoms with Crippen molar-refractivity contribution in [3.63, 3.8) is 0 Å². The van der Waals surface area contributed by atoms with Crippen LogP contribution >= 0.6 is 0 Å². The van der Waals surface area contributed by atoms with Crippen LogP contribution < -0.4 is 5.32 Å². The number of carbonyl (C=O) groups excluding carboxylic acids is 1. The lowest BCUT2D eigenvalue weighted by molar-refractivity contribution is -0.141. The first kappa shape index (κ1) is 23.7. The van der Waals surface area contributed by atoms with Gasteiger partial charge in [-0.3, -0.25) is 9.48 Å². The molecule has 8 nitrogen and oxygen atoms in total. The average molecular weight is 470 g/mol. The largest absolute Gasteiger partial charge is 0.433 e. The zero-order valence-corrected chi connectivity index (χ0v) is 18.1. The third-order valence-electron chi connectivity index (χ3n) is 4.60. The third-order valence-corrected chi connectivity index (χ3v) is 5.28. The Labute approximate surface area is 183 Å². The summed E-state index contributed by atoms with van der Waals surface area (Å²) in [7, 11) is -2.49. The molecule has 0 saturated heterocycles. The van der Waals surface area contributed by atoms with Crippen LogP contribution in [0.3, 0.4) is 0 Å². The Morgan fingerprint density at radius 1 is 1.22 bits per heavy atom. The van der Waals surface area contributed by atoms with Crippen LogP contribution in [0, 0.1) is 0 Å². The molecule has 0 bridgehead atoms. The number of hydrogen-bond donors (Lipinski definition) is 3. The van der Waals surface area contributed by atoms with Crippen molar-refractivity contribution in [1.29, 1.82) is 0 Å². The normalized spacial score (nSPS) is 12.5. The number of benzene rings is 1. The number of rotatable bonds is 7. The van der Waals surface area contributed by atoms with Crippen molar-refractivity contribution in [3.8, 4) is 0 Å². The molecule has 1 amide bonds. The number of fused-ring (bicyclic) bond motifs is 1. The van der Waals surface area contributed by atoms with Gasteiger partial charge in [0.05, 0.1) is 11.1 Å². The van der Waals surface area contributed by atoms with Crippen LogP contribution in [0.1, 0.15) is 42.0 Å². The molecule has 0 unspecified atom stereocenters. The molecule has 0 spiro atoms. The van der Waals surface area contributed by atoms with E-state index in [2.05, 4.69) is 15.4 Å². The maximum absolute atomic E-state index is 12.9. The topological polar surface area (TPSA) is 114 Å². The molecule has 3 aromatic rings. The molecule has 0 aliphatic rings. The van der Waals surface area contributed by atoms with E-state index >= 15 is 0 Å². The Kier molecular flexibility index (Phi) is 6.56. The van der Waals surface area contributed by atoms with Crippen LogP contribution in [0.4, 0.5) is 18.9 Å². The molecule has 0 fully saturated rings. The van der Waals surface area contributed by atoms with Gasteiger partial charge in [0.15, 0.2) is 0 Å². The number of aliphatic hydroxyl groups is 1. The van der Waals surface area contributed by atoms with Gasteiger partial charge >= 0.3 is 6.18 Å². The zero-order chi connectivity index (χ0) is 23.7. The molecule has 0 atom stereocenters. The summed E-state index contributed by atoms with van der Waals surface area (Å²) in [6.45, 7) is 3.34. The van der Waals surface area contributed by atoms with Crippen LogP contribution in [-0.2, 0) is 29.0 Å². The Bertz CT molecular complexity index is 1220. The number of nitrogens with zero attached hydrogens (tertiary/aromatic N) is 3. The third kappa shape index (κ3) is 5.62. The SMILES string of the molecule is CC(C)(O)c1cc2nn(CCC[SH](=O)=O)cc2cc1NC(=O)c1cccc(C(F)(F)F)n1. The average Bonchev–Trinajstić information content (AvgIpc) is 3.07. The van der Waals surface area contributed by atoms with E-state index in [1.54, 1.807) is 23.0 Å². The van der Waals surface area contributed by atoms with Gasteiger partial charge in [0.25, 0.3) is 5.91 Å². The summed E-state index contributed by atoms with van der Waals surface area (Å²) >= 11 is 0. The number of halogens is 3. The maximum Gasteiger partial charge on any atom is 0.433 e. The Morgan fingerprint density at radius 2 is 1.94 bits per heavy atom. The summed E-state index contributed by atoms with van der Waals surface area (Å²) in [6.07, 6.45) is -2.67. The zero-order valence-electron chi connectivity index (χ0n) is 17.2. The Morgan fingerprint density at radius 3 is 2.56 bits per heavy atom. The molecule has 0 saturated carbocycles. The molecular formula is C20H21F3N4O4S. The lowest BCUT2D eigenvalue weighted by Crippen LogP contribution is -2.22. The number of aromatic nitrogens is 3. The van der Waals surface area contributed by atoms with Crippen LogP contribution in [0.25, 0.3) is 10.9 Å². The molecular weight excluding hydrogens is 449 g/mol. The number of nitrogens with one attached hydrogen (secondary N) is 1. The van der Waals surface area contributed by atoms with Gasteiger partial charge in [0.2, 0.25) is 0 Å². The minimum Gasteiger partial charge on any atom is -0.386 e. The monoisotopic (exact) mass is 470 g/mol. The summed E-state index contributed by atoms with van der Waals surface area (Å²) in [6, 6.07) is 6.12. The number of amides is 1. The summed E-state index contributed by atoms with van der Waals surface area (Å²) in [5, 5.41) is 18.0. The van der Waals surface area contributed by atoms with Crippen molar-refractivity contribution in [2.45, 2.75) is 38.6 Å². The van der Waals surface area contributed by atoms with E-state index in [1.165, 1.54) is 13.8 Å². The standard InChI is InChI=1S/C20H21F3N4O4S/c1-19(2,29)13-10-15-12(11-27(26-15)7-4-8-32(30)31)9-16(13)25-18(28)14-5-3-6-17(24-14)20(21,22)23/h3,5-6,9-11,29,32H,4,7-8H2,1-2H3,(H,25,28). The lowest BCUT2D eigenvalue weighted by atomic mass is 9.95. The number of aryl methyl sites for hydroxylation is 1. The van der Waals surface area contributed by atoms with Gasteiger partial charge in [-0.2, -0.15) is 18.3 Å². The summed E-state index contributed by atoms with van der Waals surface area (Å²) in [5.41, 5.74) is -2.02. The number of thiol groups is 1. The van der Waals surface area contributed by atoms with E-state index < -0.39 is 39.8 Å². The first-order valence-corrected chi connectivity index (χ1v) is 10.9. The fraction of sp³-hybridized carbons (Fsp3) is 0.350. The van der Waals surface area contributed by atoms with Gasteiger partial charge in [-0.15, -0.1) is 0 Å². The molecule has 12 heteroatoms. The van der Waals surface area contributed by atoms with Crippen LogP contribution in [0.5, 0.6) is 0 Å². The Balaban J connectivity index is 1.94. The molecule has 2 aromatic heterocycles. The van der Waals surface area contributed by atoms with E-state index in [9.17, 15) is 31.5 Å². The quantitative estimate of drug-likeness (QED) is 0.458. The second-order valence-electron chi connectivity index (χ2n) is 7.68.